The Hall–Kier alpha value is -0.570. The molecule has 1 unspecified atom stereocenters. The largest absolute Gasteiger partial charge is 0.337 e. The highest BCUT2D eigenvalue weighted by Gasteiger charge is 2.45. The fourth-order valence-corrected chi connectivity index (χ4v) is 2.31. The van der Waals surface area contributed by atoms with Gasteiger partial charge < -0.3 is 4.90 Å². The fourth-order valence-electron chi connectivity index (χ4n) is 2.31. The van der Waals surface area contributed by atoms with Crippen molar-refractivity contribution in [2.24, 2.45) is 0 Å². The van der Waals surface area contributed by atoms with Crippen molar-refractivity contribution in [3.8, 4) is 0 Å². The third-order valence-electron chi connectivity index (χ3n) is 3.24. The van der Waals surface area contributed by atoms with Crippen molar-refractivity contribution in [2.75, 3.05) is 6.54 Å². The molecule has 0 aromatic rings. The van der Waals surface area contributed by atoms with Gasteiger partial charge in [0.25, 0.3) is 0 Å². The lowest BCUT2D eigenvalue weighted by molar-refractivity contribution is -0.146. The van der Waals surface area contributed by atoms with E-state index in [2.05, 4.69) is 39.9 Å². The number of nitrogens with zero attached hydrogens (tertiary/aromatic N) is 1. The van der Waals surface area contributed by atoms with E-state index in [9.17, 15) is 4.79 Å². The first-order chi connectivity index (χ1) is 6.72. The summed E-state index contributed by atoms with van der Waals surface area (Å²) < 4.78 is 0. The van der Waals surface area contributed by atoms with E-state index in [0.29, 0.717) is 0 Å². The first kappa shape index (κ1) is 12.5. The summed E-state index contributed by atoms with van der Waals surface area (Å²) >= 11 is 0. The van der Waals surface area contributed by atoms with Crippen LogP contribution in [0, 0.1) is 0 Å². The zero-order valence-electron chi connectivity index (χ0n) is 10.8. The highest BCUT2D eigenvalue weighted by Crippen LogP contribution is 2.26. The minimum atomic E-state index is -0.397. The van der Waals surface area contributed by atoms with Crippen LogP contribution in [0.4, 0.5) is 0 Å². The van der Waals surface area contributed by atoms with Gasteiger partial charge in [0, 0.05) is 18.1 Å². The summed E-state index contributed by atoms with van der Waals surface area (Å²) in [7, 11) is 0. The van der Waals surface area contributed by atoms with Crippen molar-refractivity contribution in [2.45, 2.75) is 65.1 Å². The Bertz CT molecular complexity index is 260. The Balaban J connectivity index is 2.99. The van der Waals surface area contributed by atoms with Gasteiger partial charge in [0.15, 0.2) is 0 Å². The maximum Gasteiger partial charge on any atom is 0.242 e. The van der Waals surface area contributed by atoms with E-state index in [1.165, 1.54) is 0 Å². The summed E-state index contributed by atoms with van der Waals surface area (Å²) in [6.07, 6.45) is 0.832. The first-order valence-electron chi connectivity index (χ1n) is 5.82. The van der Waals surface area contributed by atoms with E-state index in [4.69, 9.17) is 0 Å². The van der Waals surface area contributed by atoms with E-state index in [1.54, 1.807) is 0 Å². The predicted molar refractivity (Wildman–Crippen MR) is 62.8 cm³/mol. The lowest BCUT2D eigenvalue weighted by Crippen LogP contribution is -2.71. The van der Waals surface area contributed by atoms with Gasteiger partial charge in [-0.15, -0.1) is 0 Å². The molecule has 3 nitrogen and oxygen atoms in total. The lowest BCUT2D eigenvalue weighted by Gasteiger charge is -2.50. The molecule has 1 rings (SSSR count). The zero-order chi connectivity index (χ0) is 11.9. The second-order valence-electron chi connectivity index (χ2n) is 5.72. The van der Waals surface area contributed by atoms with Crippen LogP contribution in [0.25, 0.3) is 0 Å². The molecule has 3 heteroatoms. The number of hydrogen-bond donors (Lipinski definition) is 1. The second-order valence-corrected chi connectivity index (χ2v) is 5.72. The molecular formula is C12H24N2O. The van der Waals surface area contributed by atoms with Gasteiger partial charge in [0.1, 0.15) is 0 Å². The molecule has 1 aliphatic rings. The van der Waals surface area contributed by atoms with E-state index in [0.717, 1.165) is 13.0 Å². The molecule has 1 fully saturated rings. The summed E-state index contributed by atoms with van der Waals surface area (Å²) in [4.78, 5) is 14.3. The molecule has 1 heterocycles. The van der Waals surface area contributed by atoms with Crippen LogP contribution in [0.1, 0.15) is 48.0 Å². The average molecular weight is 212 g/mol. The molecule has 0 aliphatic carbocycles. The highest BCUT2D eigenvalue weighted by molar-refractivity contribution is 5.87. The number of rotatable bonds is 2. The molecular weight excluding hydrogens is 188 g/mol. The van der Waals surface area contributed by atoms with E-state index < -0.39 is 5.54 Å². The number of amides is 1. The van der Waals surface area contributed by atoms with E-state index in [-0.39, 0.29) is 17.5 Å². The van der Waals surface area contributed by atoms with Gasteiger partial charge in [-0.25, -0.2) is 0 Å². The Kier molecular flexibility index (Phi) is 3.15. The van der Waals surface area contributed by atoms with Gasteiger partial charge in [0.05, 0.1) is 5.54 Å². The summed E-state index contributed by atoms with van der Waals surface area (Å²) in [5.74, 6) is 0.235. The topological polar surface area (TPSA) is 32.3 Å². The summed E-state index contributed by atoms with van der Waals surface area (Å²) in [5, 5.41) is 3.46. The van der Waals surface area contributed by atoms with Crippen LogP contribution < -0.4 is 5.32 Å². The predicted octanol–water partition coefficient (Wildman–Crippen LogP) is 1.77. The molecule has 0 spiro atoms. The minimum Gasteiger partial charge on any atom is -0.337 e. The molecule has 15 heavy (non-hydrogen) atoms. The summed E-state index contributed by atoms with van der Waals surface area (Å²) in [6.45, 7) is 13.3. The quantitative estimate of drug-likeness (QED) is 0.756. The van der Waals surface area contributed by atoms with Gasteiger partial charge >= 0.3 is 0 Å². The van der Waals surface area contributed by atoms with Gasteiger partial charge in [-0.2, -0.15) is 0 Å². The third-order valence-corrected chi connectivity index (χ3v) is 3.24. The molecule has 0 radical (unpaired) electrons. The molecule has 1 saturated heterocycles. The molecule has 0 aromatic heterocycles. The van der Waals surface area contributed by atoms with E-state index in [1.807, 2.05) is 11.8 Å². The highest BCUT2D eigenvalue weighted by atomic mass is 16.2. The number of piperazine rings is 1. The monoisotopic (exact) mass is 212 g/mol. The zero-order valence-corrected chi connectivity index (χ0v) is 10.8. The molecule has 1 aliphatic heterocycles. The smallest absolute Gasteiger partial charge is 0.242 e. The number of carbonyl (C=O) groups excluding carboxylic acids is 1. The van der Waals surface area contributed by atoms with Crippen LogP contribution in [0.5, 0.6) is 0 Å². The molecule has 0 bridgehead atoms. The van der Waals surface area contributed by atoms with Gasteiger partial charge in [-0.05, 0) is 41.0 Å². The molecule has 88 valence electrons. The molecule has 1 N–H and O–H groups in total. The molecule has 1 amide bonds. The maximum absolute atomic E-state index is 12.3. The molecule has 0 saturated carbocycles. The summed E-state index contributed by atoms with van der Waals surface area (Å²) in [6, 6.07) is 0.282. The molecule has 0 aromatic carbocycles. The van der Waals surface area contributed by atoms with Crippen molar-refractivity contribution in [1.29, 1.82) is 0 Å². The SMILES string of the molecule is CCC1(C)NC(C)(C)CN(C(C)C)C1=O. The lowest BCUT2D eigenvalue weighted by atomic mass is 9.86. The van der Waals surface area contributed by atoms with E-state index >= 15 is 0 Å². The van der Waals surface area contributed by atoms with Crippen molar-refractivity contribution in [3.63, 3.8) is 0 Å². The molecule has 1 atom stereocenters. The van der Waals surface area contributed by atoms with Crippen molar-refractivity contribution in [3.05, 3.63) is 0 Å². The third kappa shape index (κ3) is 2.33. The number of hydrogen-bond acceptors (Lipinski definition) is 2. The normalized spacial score (nSPS) is 31.1. The van der Waals surface area contributed by atoms with Crippen LogP contribution in [-0.4, -0.2) is 34.5 Å². The maximum atomic E-state index is 12.3. The fraction of sp³-hybridized carbons (Fsp3) is 0.917. The summed E-state index contributed by atoms with van der Waals surface area (Å²) in [5.41, 5.74) is -0.394. The van der Waals surface area contributed by atoms with Crippen LogP contribution in [0.2, 0.25) is 0 Å². The second kappa shape index (κ2) is 3.78. The Labute approximate surface area is 93.2 Å². The number of carbonyl (C=O) groups is 1. The van der Waals surface area contributed by atoms with Crippen molar-refractivity contribution in [1.82, 2.24) is 10.2 Å². The van der Waals surface area contributed by atoms with Crippen LogP contribution in [0.3, 0.4) is 0 Å². The van der Waals surface area contributed by atoms with Crippen molar-refractivity contribution < 1.29 is 4.79 Å². The van der Waals surface area contributed by atoms with Crippen molar-refractivity contribution >= 4 is 5.91 Å². The van der Waals surface area contributed by atoms with Crippen LogP contribution in [-0.2, 0) is 4.79 Å². The van der Waals surface area contributed by atoms with Crippen LogP contribution in [0.15, 0.2) is 0 Å². The standard InChI is InChI=1S/C12H24N2O/c1-7-12(6)10(15)14(9(2)3)8-11(4,5)13-12/h9,13H,7-8H2,1-6H3. The van der Waals surface area contributed by atoms with Gasteiger partial charge in [-0.1, -0.05) is 6.92 Å². The first-order valence-corrected chi connectivity index (χ1v) is 5.82. The Morgan fingerprint density at radius 3 is 2.33 bits per heavy atom. The van der Waals surface area contributed by atoms with Gasteiger partial charge in [0.2, 0.25) is 5.91 Å². The number of nitrogens with one attached hydrogen (secondary N) is 1. The Morgan fingerprint density at radius 1 is 1.40 bits per heavy atom. The Morgan fingerprint density at radius 2 is 1.93 bits per heavy atom. The van der Waals surface area contributed by atoms with Gasteiger partial charge in [-0.3, -0.25) is 10.1 Å². The minimum absolute atomic E-state index is 0.00292. The van der Waals surface area contributed by atoms with Crippen LogP contribution >= 0.6 is 0 Å². The average Bonchev–Trinajstić information content (AvgIpc) is 2.10.